The van der Waals surface area contributed by atoms with E-state index >= 15 is 0 Å². The average Bonchev–Trinajstić information content (AvgIpc) is 3.31. The van der Waals surface area contributed by atoms with Crippen molar-refractivity contribution in [1.82, 2.24) is 0 Å². The summed E-state index contributed by atoms with van der Waals surface area (Å²) in [6.07, 6.45) is 2.51. The van der Waals surface area contributed by atoms with Gasteiger partial charge in [0.05, 0.1) is 0 Å². The Morgan fingerprint density at radius 2 is 1.71 bits per heavy atom. The second-order valence-corrected chi connectivity index (χ2v) is 5.72. The lowest BCUT2D eigenvalue weighted by Gasteiger charge is -2.17. The summed E-state index contributed by atoms with van der Waals surface area (Å²) in [7, 11) is 0. The van der Waals surface area contributed by atoms with Crippen LogP contribution in [0, 0.1) is 6.92 Å². The molecule has 21 heavy (non-hydrogen) atoms. The molecule has 2 aromatic carbocycles. The van der Waals surface area contributed by atoms with Crippen LogP contribution in [0.3, 0.4) is 0 Å². The van der Waals surface area contributed by atoms with Gasteiger partial charge in [0, 0.05) is 5.69 Å². The predicted octanol–water partition coefficient (Wildman–Crippen LogP) is 4.11. The van der Waals surface area contributed by atoms with Crippen LogP contribution in [-0.4, -0.2) is 11.1 Å². The molecule has 2 aromatic rings. The number of anilines is 1. The third-order valence-electron chi connectivity index (χ3n) is 3.93. The van der Waals surface area contributed by atoms with E-state index in [4.69, 9.17) is 0 Å². The van der Waals surface area contributed by atoms with Gasteiger partial charge in [-0.3, -0.25) is 0 Å². The average molecular weight is 281 g/mol. The van der Waals surface area contributed by atoms with Crippen molar-refractivity contribution >= 4 is 11.7 Å². The lowest BCUT2D eigenvalue weighted by atomic mass is 10.0. The van der Waals surface area contributed by atoms with E-state index in [0.29, 0.717) is 5.92 Å². The molecule has 1 unspecified atom stereocenters. The molecule has 3 nitrogen and oxygen atoms in total. The van der Waals surface area contributed by atoms with Crippen LogP contribution in [0.25, 0.3) is 0 Å². The summed E-state index contributed by atoms with van der Waals surface area (Å²) in [6, 6.07) is 15.0. The molecule has 1 saturated carbocycles. The number of hydrogen-bond acceptors (Lipinski definition) is 2. The fraction of sp³-hybridized carbons (Fsp3) is 0.278. The molecule has 0 amide bonds. The van der Waals surface area contributed by atoms with Gasteiger partial charge in [-0.15, -0.1) is 0 Å². The lowest BCUT2D eigenvalue weighted by Crippen LogP contribution is -2.20. The second-order valence-electron chi connectivity index (χ2n) is 5.72. The fourth-order valence-corrected chi connectivity index (χ4v) is 2.48. The molecule has 0 spiro atoms. The van der Waals surface area contributed by atoms with E-state index in [1.165, 1.54) is 18.4 Å². The van der Waals surface area contributed by atoms with Gasteiger partial charge in [-0.2, -0.15) is 0 Å². The molecule has 0 heterocycles. The number of carboxylic acid groups (broad SMARTS) is 1. The molecule has 1 atom stereocenters. The number of benzene rings is 2. The molecule has 0 saturated heterocycles. The Hall–Kier alpha value is -2.29. The minimum absolute atomic E-state index is 0.687. The van der Waals surface area contributed by atoms with E-state index in [0.717, 1.165) is 16.8 Å². The van der Waals surface area contributed by atoms with Gasteiger partial charge in [0.2, 0.25) is 0 Å². The van der Waals surface area contributed by atoms with E-state index in [1.54, 1.807) is 0 Å². The highest BCUT2D eigenvalue weighted by atomic mass is 16.4. The SMILES string of the molecule is Cc1ccc(NC(C(=O)O)c2ccc(C3CC3)cc2)cc1. The summed E-state index contributed by atoms with van der Waals surface area (Å²) in [6.45, 7) is 2.01. The quantitative estimate of drug-likeness (QED) is 0.867. The van der Waals surface area contributed by atoms with Crippen LogP contribution in [0.15, 0.2) is 48.5 Å². The van der Waals surface area contributed by atoms with Crippen LogP contribution in [0.4, 0.5) is 5.69 Å². The number of nitrogens with one attached hydrogen (secondary N) is 1. The molecule has 3 rings (SSSR count). The van der Waals surface area contributed by atoms with Gasteiger partial charge in [-0.25, -0.2) is 4.79 Å². The maximum atomic E-state index is 11.5. The van der Waals surface area contributed by atoms with E-state index < -0.39 is 12.0 Å². The Kier molecular flexibility index (Phi) is 3.65. The number of rotatable bonds is 5. The molecule has 0 bridgehead atoms. The van der Waals surface area contributed by atoms with Gasteiger partial charge < -0.3 is 10.4 Å². The van der Waals surface area contributed by atoms with Crippen LogP contribution >= 0.6 is 0 Å². The Bertz CT molecular complexity index is 627. The maximum absolute atomic E-state index is 11.5. The third-order valence-corrected chi connectivity index (χ3v) is 3.93. The standard InChI is InChI=1S/C18H19NO2/c1-12-2-10-16(11-3-12)19-17(18(20)21)15-8-6-14(7-9-15)13-4-5-13/h2-3,6-11,13,17,19H,4-5H2,1H3,(H,20,21). The van der Waals surface area contributed by atoms with Crippen LogP contribution in [0.2, 0.25) is 0 Å². The zero-order chi connectivity index (χ0) is 14.8. The van der Waals surface area contributed by atoms with Crippen molar-refractivity contribution in [2.45, 2.75) is 31.7 Å². The molecular formula is C18H19NO2. The van der Waals surface area contributed by atoms with Gasteiger partial charge >= 0.3 is 5.97 Å². The summed E-state index contributed by atoms with van der Waals surface area (Å²) in [4.78, 5) is 11.5. The molecule has 2 N–H and O–H groups in total. The van der Waals surface area contributed by atoms with Crippen molar-refractivity contribution in [2.24, 2.45) is 0 Å². The van der Waals surface area contributed by atoms with Gasteiger partial charge in [0.15, 0.2) is 6.04 Å². The van der Waals surface area contributed by atoms with Gasteiger partial charge in [0.25, 0.3) is 0 Å². The third kappa shape index (κ3) is 3.24. The van der Waals surface area contributed by atoms with E-state index in [2.05, 4.69) is 17.4 Å². The van der Waals surface area contributed by atoms with E-state index in [1.807, 2.05) is 43.3 Å². The predicted molar refractivity (Wildman–Crippen MR) is 83.6 cm³/mol. The lowest BCUT2D eigenvalue weighted by molar-refractivity contribution is -0.138. The number of aryl methyl sites for hydroxylation is 1. The zero-order valence-electron chi connectivity index (χ0n) is 12.0. The Balaban J connectivity index is 1.79. The van der Waals surface area contributed by atoms with E-state index in [-0.39, 0.29) is 0 Å². The van der Waals surface area contributed by atoms with E-state index in [9.17, 15) is 9.90 Å². The van der Waals surface area contributed by atoms with Crippen LogP contribution in [0.1, 0.15) is 41.5 Å². The minimum Gasteiger partial charge on any atom is -0.479 e. The highest BCUT2D eigenvalue weighted by molar-refractivity contribution is 5.79. The van der Waals surface area contributed by atoms with Crippen LogP contribution < -0.4 is 5.32 Å². The van der Waals surface area contributed by atoms with Crippen molar-refractivity contribution in [3.05, 3.63) is 65.2 Å². The summed E-state index contributed by atoms with van der Waals surface area (Å²) in [5.41, 5.74) is 4.08. The van der Waals surface area contributed by atoms with Crippen molar-refractivity contribution < 1.29 is 9.90 Å². The van der Waals surface area contributed by atoms with Gasteiger partial charge in [-0.1, -0.05) is 42.0 Å². The molecule has 0 aliphatic heterocycles. The Morgan fingerprint density at radius 3 is 2.24 bits per heavy atom. The summed E-state index contributed by atoms with van der Waals surface area (Å²) >= 11 is 0. The highest BCUT2D eigenvalue weighted by Crippen LogP contribution is 2.40. The topological polar surface area (TPSA) is 49.3 Å². The second kappa shape index (κ2) is 5.60. The molecule has 108 valence electrons. The smallest absolute Gasteiger partial charge is 0.330 e. The minimum atomic E-state index is -0.866. The molecule has 1 aliphatic rings. The number of carbonyl (C=O) groups is 1. The molecule has 1 aliphatic carbocycles. The van der Waals surface area contributed by atoms with Gasteiger partial charge in [0.1, 0.15) is 0 Å². The summed E-state index contributed by atoms with van der Waals surface area (Å²) in [5.74, 6) is -0.179. The van der Waals surface area contributed by atoms with Gasteiger partial charge in [-0.05, 0) is 48.9 Å². The number of carboxylic acids is 1. The Labute approximate surface area is 124 Å². The first-order valence-corrected chi connectivity index (χ1v) is 7.29. The van der Waals surface area contributed by atoms with Crippen molar-refractivity contribution in [3.63, 3.8) is 0 Å². The van der Waals surface area contributed by atoms with Crippen LogP contribution in [0.5, 0.6) is 0 Å². The van der Waals surface area contributed by atoms with Crippen molar-refractivity contribution in [1.29, 1.82) is 0 Å². The monoisotopic (exact) mass is 281 g/mol. The normalized spacial score (nSPS) is 15.5. The molecule has 1 fully saturated rings. The number of hydrogen-bond donors (Lipinski definition) is 2. The molecular weight excluding hydrogens is 262 g/mol. The van der Waals surface area contributed by atoms with Crippen molar-refractivity contribution in [2.75, 3.05) is 5.32 Å². The maximum Gasteiger partial charge on any atom is 0.330 e. The van der Waals surface area contributed by atoms with Crippen LogP contribution in [-0.2, 0) is 4.79 Å². The largest absolute Gasteiger partial charge is 0.479 e. The Morgan fingerprint density at radius 1 is 1.10 bits per heavy atom. The summed E-state index contributed by atoms with van der Waals surface area (Å²) < 4.78 is 0. The zero-order valence-corrected chi connectivity index (χ0v) is 12.0. The van der Waals surface area contributed by atoms with Crippen molar-refractivity contribution in [3.8, 4) is 0 Å². The first kappa shape index (κ1) is 13.7. The number of aliphatic carboxylic acids is 1. The molecule has 3 heteroatoms. The summed E-state index contributed by atoms with van der Waals surface area (Å²) in [5, 5.41) is 12.6. The highest BCUT2D eigenvalue weighted by Gasteiger charge is 2.24. The first-order valence-electron chi connectivity index (χ1n) is 7.29. The molecule has 0 aromatic heterocycles. The fourth-order valence-electron chi connectivity index (χ4n) is 2.48. The molecule has 0 radical (unpaired) electrons. The first-order chi connectivity index (χ1) is 10.1.